The summed E-state index contributed by atoms with van der Waals surface area (Å²) in [5.41, 5.74) is 8.69. The summed E-state index contributed by atoms with van der Waals surface area (Å²) >= 11 is 0. The molecule has 14 nitrogen and oxygen atoms in total. The van der Waals surface area contributed by atoms with Crippen molar-refractivity contribution in [3.8, 4) is 22.4 Å². The van der Waals surface area contributed by atoms with Gasteiger partial charge in [0.15, 0.2) is 0 Å². The molecular formula is C51H63F2N7O7. The Morgan fingerprint density at radius 2 is 1.82 bits per heavy atom. The number of rotatable bonds is 11. The summed E-state index contributed by atoms with van der Waals surface area (Å²) in [6.45, 7) is 13.4. The summed E-state index contributed by atoms with van der Waals surface area (Å²) in [5.74, 6) is -2.81. The minimum Gasteiger partial charge on any atom is -0.464 e. The first-order valence-corrected chi connectivity index (χ1v) is 23.3. The summed E-state index contributed by atoms with van der Waals surface area (Å²) in [6.07, 6.45) is 3.69. The first-order chi connectivity index (χ1) is 31.9. The number of likely N-dealkylation sites (tertiary alicyclic amines) is 1. The van der Waals surface area contributed by atoms with E-state index in [2.05, 4.69) is 32.9 Å². The number of pyridine rings is 1. The van der Waals surface area contributed by atoms with Crippen LogP contribution in [0.5, 0.6) is 0 Å². The third kappa shape index (κ3) is 10.6. The molecule has 6 bridgehead atoms. The van der Waals surface area contributed by atoms with Gasteiger partial charge >= 0.3 is 12.6 Å². The number of esters is 1. The Morgan fingerprint density at radius 1 is 1.06 bits per heavy atom. The maximum absolute atomic E-state index is 14.7. The number of benzene rings is 2. The maximum Gasteiger partial charge on any atom is 0.345 e. The lowest BCUT2D eigenvalue weighted by Gasteiger charge is -2.37. The molecule has 16 heteroatoms. The van der Waals surface area contributed by atoms with E-state index < -0.39 is 60.0 Å². The second-order valence-electron chi connectivity index (χ2n) is 19.1. The van der Waals surface area contributed by atoms with Crippen molar-refractivity contribution in [2.75, 3.05) is 33.3 Å². The van der Waals surface area contributed by atoms with Crippen LogP contribution in [0.15, 0.2) is 73.4 Å². The summed E-state index contributed by atoms with van der Waals surface area (Å²) in [7, 11) is 1.58. The van der Waals surface area contributed by atoms with Gasteiger partial charge in [-0.15, -0.1) is 0 Å². The maximum atomic E-state index is 14.7. The molecule has 3 aliphatic heterocycles. The van der Waals surface area contributed by atoms with Gasteiger partial charge in [0.1, 0.15) is 24.2 Å². The molecule has 0 aliphatic carbocycles. The lowest BCUT2D eigenvalue weighted by Crippen LogP contribution is -2.62. The average molecular weight is 924 g/mol. The van der Waals surface area contributed by atoms with Gasteiger partial charge < -0.3 is 29.2 Å². The van der Waals surface area contributed by atoms with Crippen molar-refractivity contribution in [3.63, 3.8) is 0 Å². The molecule has 5 atom stereocenters. The number of hydrogen-bond acceptors (Lipinski definition) is 9. The van der Waals surface area contributed by atoms with Gasteiger partial charge in [0, 0.05) is 67.7 Å². The van der Waals surface area contributed by atoms with Gasteiger partial charge in [-0.05, 0) is 98.0 Å². The van der Waals surface area contributed by atoms with Crippen LogP contribution in [0, 0.1) is 17.3 Å². The van der Waals surface area contributed by atoms with Crippen molar-refractivity contribution in [2.24, 2.45) is 17.3 Å². The molecule has 2 N–H and O–H groups in total. The minimum atomic E-state index is -3.00. The number of carbonyl (C=O) groups is 5. The van der Waals surface area contributed by atoms with E-state index in [9.17, 15) is 32.8 Å². The predicted molar refractivity (Wildman–Crippen MR) is 250 cm³/mol. The molecule has 7 rings (SSSR count). The van der Waals surface area contributed by atoms with Crippen molar-refractivity contribution < 1.29 is 42.2 Å². The molecule has 2 aromatic carbocycles. The molecule has 4 amide bonds. The highest BCUT2D eigenvalue weighted by molar-refractivity contribution is 5.96. The van der Waals surface area contributed by atoms with E-state index >= 15 is 0 Å². The molecular weight excluding hydrogens is 861 g/mol. The summed E-state index contributed by atoms with van der Waals surface area (Å²) in [5, 5.41) is 5.35. The van der Waals surface area contributed by atoms with E-state index in [0.29, 0.717) is 50.0 Å². The fourth-order valence-electron chi connectivity index (χ4n) is 9.99. The highest BCUT2D eigenvalue weighted by Crippen LogP contribution is 2.42. The second-order valence-corrected chi connectivity index (χ2v) is 19.1. The largest absolute Gasteiger partial charge is 0.464 e. The standard InChI is InChI=1S/C51H63F2N7O7/c1-9-42(61)58-23-20-35(28-58)47(63)57(8)44(30(3)4)46(62)55-40-25-32-14-11-15-33(24-32)34-18-19-41-37(26-34)38(27-51(6,7)29-66-49(65)39-17-13-22-60(56-39)48(40)64)45(59(41)10-2)36-16-12-21-54-43(36)31(5)67-50(52)53/h9,11-12,14-16,18-19,21,24,26,30-31,35,39-40,44,50,56H,1,10,13,17,20,22-23,25,27-29H2,2-8H3,(H,55,62)/t31-,35-,39-,40-,44-/m0/s1. The van der Waals surface area contributed by atoms with E-state index in [-0.39, 0.29) is 43.8 Å². The number of cyclic esters (lactones) is 1. The number of carbonyl (C=O) groups excluding carboxylic acids is 5. The number of alkyl halides is 2. The third-order valence-electron chi connectivity index (χ3n) is 13.3. The molecule has 67 heavy (non-hydrogen) atoms. The van der Waals surface area contributed by atoms with Gasteiger partial charge in [0.25, 0.3) is 5.91 Å². The van der Waals surface area contributed by atoms with E-state index in [1.807, 2.05) is 77.1 Å². The fourth-order valence-corrected chi connectivity index (χ4v) is 9.99. The number of likely N-dealkylation sites (N-methyl/N-ethyl adjacent to an activating group) is 1. The van der Waals surface area contributed by atoms with Crippen molar-refractivity contribution in [1.29, 1.82) is 0 Å². The molecule has 2 saturated heterocycles. The zero-order valence-electron chi connectivity index (χ0n) is 39.5. The minimum absolute atomic E-state index is 0.0354. The number of hydrogen-bond donors (Lipinski definition) is 2. The van der Waals surface area contributed by atoms with E-state index in [1.54, 1.807) is 31.1 Å². The van der Waals surface area contributed by atoms with Gasteiger partial charge in [-0.1, -0.05) is 64.6 Å². The van der Waals surface area contributed by atoms with Crippen LogP contribution in [0.3, 0.4) is 0 Å². The molecule has 0 spiro atoms. The Morgan fingerprint density at radius 3 is 2.54 bits per heavy atom. The van der Waals surface area contributed by atoms with Crippen LogP contribution in [-0.2, 0) is 52.8 Å². The third-order valence-corrected chi connectivity index (χ3v) is 13.3. The molecule has 4 aromatic rings. The Balaban J connectivity index is 1.29. The molecule has 0 radical (unpaired) electrons. The Hall–Kier alpha value is -6.00. The SMILES string of the molecule is C=CC(=O)N1CC[C@H](C(=O)N(C)[C@H](C(=O)N[C@H]2Cc3cccc(c3)-c3ccc4c(c3)c(c(-c3cccnc3[C@H](C)OC(F)F)n4CC)CC(C)(C)COC(=O)[C@@H]3CCCN(N3)C2=O)C(C)C)C1. The van der Waals surface area contributed by atoms with Crippen LogP contribution in [0.4, 0.5) is 8.78 Å². The van der Waals surface area contributed by atoms with Crippen molar-refractivity contribution >= 4 is 40.5 Å². The van der Waals surface area contributed by atoms with Gasteiger partial charge in [0.05, 0.1) is 23.9 Å². The van der Waals surface area contributed by atoms with Crippen molar-refractivity contribution in [2.45, 2.75) is 111 Å². The molecule has 2 fully saturated rings. The van der Waals surface area contributed by atoms with Crippen molar-refractivity contribution in [3.05, 3.63) is 90.3 Å². The summed E-state index contributed by atoms with van der Waals surface area (Å²) in [6, 6.07) is 14.8. The first kappa shape index (κ1) is 48.9. The molecule has 5 heterocycles. The van der Waals surface area contributed by atoms with Crippen LogP contribution in [-0.4, -0.2) is 112 Å². The van der Waals surface area contributed by atoms with E-state index in [4.69, 9.17) is 9.47 Å². The van der Waals surface area contributed by atoms with Crippen LogP contribution in [0.25, 0.3) is 33.3 Å². The van der Waals surface area contributed by atoms with Crippen LogP contribution in [0.1, 0.15) is 83.7 Å². The lowest BCUT2D eigenvalue weighted by molar-refractivity contribution is -0.160. The Kier molecular flexibility index (Phi) is 14.9. The topological polar surface area (TPSA) is 155 Å². The number of hydrazine groups is 1. The number of aromatic nitrogens is 2. The average Bonchev–Trinajstić information content (AvgIpc) is 3.92. The lowest BCUT2D eigenvalue weighted by atomic mass is 9.84. The quantitative estimate of drug-likeness (QED) is 0.121. The molecule has 0 saturated carbocycles. The van der Waals surface area contributed by atoms with Crippen LogP contribution < -0.4 is 10.7 Å². The van der Waals surface area contributed by atoms with E-state index in [0.717, 1.165) is 38.9 Å². The zero-order valence-corrected chi connectivity index (χ0v) is 39.5. The molecule has 3 aliphatic rings. The monoisotopic (exact) mass is 923 g/mol. The van der Waals surface area contributed by atoms with Gasteiger partial charge in [-0.25, -0.2) is 5.43 Å². The predicted octanol–water partition coefficient (Wildman–Crippen LogP) is 6.86. The zero-order chi connectivity index (χ0) is 48.3. The number of fused-ring (bicyclic) bond motifs is 6. The van der Waals surface area contributed by atoms with Crippen LogP contribution >= 0.6 is 0 Å². The Bertz CT molecular complexity index is 2520. The molecule has 358 valence electrons. The smallest absolute Gasteiger partial charge is 0.345 e. The number of halogens is 2. The van der Waals surface area contributed by atoms with Crippen LogP contribution in [0.2, 0.25) is 0 Å². The molecule has 2 aromatic heterocycles. The number of nitrogens with one attached hydrogen (secondary N) is 2. The fraction of sp³-hybridized carbons (Fsp3) is 0.490. The summed E-state index contributed by atoms with van der Waals surface area (Å²) < 4.78 is 40.5. The molecule has 0 unspecified atom stereocenters. The van der Waals surface area contributed by atoms with Gasteiger partial charge in [-0.3, -0.25) is 34.0 Å². The summed E-state index contributed by atoms with van der Waals surface area (Å²) in [4.78, 5) is 76.8. The van der Waals surface area contributed by atoms with Crippen molar-refractivity contribution in [1.82, 2.24) is 35.1 Å². The number of ether oxygens (including phenoxy) is 2. The van der Waals surface area contributed by atoms with Gasteiger partial charge in [0.2, 0.25) is 17.7 Å². The highest BCUT2D eigenvalue weighted by Gasteiger charge is 2.40. The van der Waals surface area contributed by atoms with E-state index in [1.165, 1.54) is 16.0 Å². The first-order valence-electron chi connectivity index (χ1n) is 23.3. The number of aryl methyl sites for hydroxylation is 1. The normalized spacial score (nSPS) is 20.9. The number of amides is 4. The second kappa shape index (κ2) is 20.5. The van der Waals surface area contributed by atoms with Gasteiger partial charge in [-0.2, -0.15) is 8.78 Å². The number of nitrogens with zero attached hydrogens (tertiary/aromatic N) is 5. The Labute approximate surface area is 391 Å². The highest BCUT2D eigenvalue weighted by atomic mass is 19.3.